The number of carboxylic acid groups (broad SMARTS) is 1. The zero-order valence-corrected chi connectivity index (χ0v) is 12.0. The molecule has 1 aliphatic rings. The molecule has 2 heterocycles. The van der Waals surface area contributed by atoms with Crippen LogP contribution in [0.15, 0.2) is 4.79 Å². The van der Waals surface area contributed by atoms with Crippen LogP contribution in [0.3, 0.4) is 0 Å². The van der Waals surface area contributed by atoms with Crippen LogP contribution in [0.5, 0.6) is 0 Å². The number of rotatable bonds is 3. The minimum atomic E-state index is -1.27. The largest absolute Gasteiger partial charge is 0.475 e. The standard InChI is InChI=1S/C13H12N2O5S/c1-2-20-13(19)5-3-6-7(4-5)21-11-8(6)10(16)14-9(15-11)12(17)18/h5H,2-4H2,1H3,(H,17,18)(H,14,15,16). The van der Waals surface area contributed by atoms with Crippen molar-refractivity contribution in [2.75, 3.05) is 6.61 Å². The normalized spacial score (nSPS) is 16.9. The molecule has 110 valence electrons. The number of fused-ring (bicyclic) bond motifs is 3. The molecule has 2 N–H and O–H groups in total. The first-order chi connectivity index (χ1) is 10.0. The van der Waals surface area contributed by atoms with Crippen molar-refractivity contribution >= 4 is 33.5 Å². The zero-order valence-electron chi connectivity index (χ0n) is 11.1. The van der Waals surface area contributed by atoms with Crippen molar-refractivity contribution in [3.05, 3.63) is 26.6 Å². The molecule has 2 aromatic rings. The second-order valence-electron chi connectivity index (χ2n) is 4.76. The molecular weight excluding hydrogens is 296 g/mol. The summed E-state index contributed by atoms with van der Waals surface area (Å²) in [6.45, 7) is 2.08. The molecule has 0 saturated carbocycles. The van der Waals surface area contributed by atoms with E-state index in [0.717, 1.165) is 10.4 Å². The smallest absolute Gasteiger partial charge is 0.372 e. The molecule has 7 nitrogen and oxygen atoms in total. The number of aromatic nitrogens is 2. The Kier molecular flexibility index (Phi) is 3.25. The number of hydrogen-bond donors (Lipinski definition) is 2. The molecular formula is C13H12N2O5S. The van der Waals surface area contributed by atoms with Gasteiger partial charge in [-0.15, -0.1) is 11.3 Å². The average molecular weight is 308 g/mol. The van der Waals surface area contributed by atoms with Crippen molar-refractivity contribution in [1.82, 2.24) is 9.97 Å². The van der Waals surface area contributed by atoms with Crippen LogP contribution in [-0.4, -0.2) is 33.6 Å². The fraction of sp³-hybridized carbons (Fsp3) is 0.385. The predicted molar refractivity (Wildman–Crippen MR) is 74.7 cm³/mol. The van der Waals surface area contributed by atoms with Gasteiger partial charge >= 0.3 is 11.9 Å². The van der Waals surface area contributed by atoms with E-state index < -0.39 is 11.5 Å². The third-order valence-electron chi connectivity index (χ3n) is 3.45. The van der Waals surface area contributed by atoms with E-state index in [0.29, 0.717) is 29.7 Å². The van der Waals surface area contributed by atoms with Crippen molar-refractivity contribution in [3.63, 3.8) is 0 Å². The van der Waals surface area contributed by atoms with E-state index in [1.54, 1.807) is 6.92 Å². The second-order valence-corrected chi connectivity index (χ2v) is 5.84. The van der Waals surface area contributed by atoms with Gasteiger partial charge in [-0.3, -0.25) is 9.59 Å². The maximum atomic E-state index is 12.1. The molecule has 1 aliphatic carbocycles. The molecule has 1 unspecified atom stereocenters. The fourth-order valence-corrected chi connectivity index (χ4v) is 3.84. The molecule has 1 atom stereocenters. The van der Waals surface area contributed by atoms with Gasteiger partial charge in [0.15, 0.2) is 0 Å². The van der Waals surface area contributed by atoms with Crippen LogP contribution in [0.1, 0.15) is 28.0 Å². The lowest BCUT2D eigenvalue weighted by Crippen LogP contribution is -2.19. The Hall–Kier alpha value is -2.22. The molecule has 0 aliphatic heterocycles. The van der Waals surface area contributed by atoms with E-state index in [-0.39, 0.29) is 17.7 Å². The Bertz CT molecular complexity index is 807. The van der Waals surface area contributed by atoms with Crippen molar-refractivity contribution in [3.8, 4) is 0 Å². The van der Waals surface area contributed by atoms with Crippen LogP contribution in [0.4, 0.5) is 0 Å². The number of H-pyrrole nitrogens is 1. The third kappa shape index (κ3) is 2.21. The number of ether oxygens (including phenoxy) is 1. The Labute approximate surface area is 122 Å². The molecule has 0 amide bonds. The molecule has 0 radical (unpaired) electrons. The molecule has 0 bridgehead atoms. The number of carbonyl (C=O) groups is 2. The molecule has 0 saturated heterocycles. The Morgan fingerprint density at radius 2 is 2.24 bits per heavy atom. The van der Waals surface area contributed by atoms with E-state index in [9.17, 15) is 14.4 Å². The highest BCUT2D eigenvalue weighted by Gasteiger charge is 2.33. The van der Waals surface area contributed by atoms with E-state index in [1.165, 1.54) is 11.3 Å². The first kappa shape index (κ1) is 13.7. The van der Waals surface area contributed by atoms with Crippen molar-refractivity contribution in [1.29, 1.82) is 0 Å². The predicted octanol–water partition coefficient (Wildman–Crippen LogP) is 0.961. The van der Waals surface area contributed by atoms with Gasteiger partial charge in [0.2, 0.25) is 5.82 Å². The van der Waals surface area contributed by atoms with E-state index >= 15 is 0 Å². The van der Waals surface area contributed by atoms with Gasteiger partial charge in [-0.05, 0) is 25.3 Å². The summed E-state index contributed by atoms with van der Waals surface area (Å²) in [7, 11) is 0. The highest BCUT2D eigenvalue weighted by Crippen LogP contribution is 2.37. The summed E-state index contributed by atoms with van der Waals surface area (Å²) in [4.78, 5) is 42.3. The maximum Gasteiger partial charge on any atom is 0.372 e. The summed E-state index contributed by atoms with van der Waals surface area (Å²) in [6, 6.07) is 0. The molecule has 0 fully saturated rings. The number of carboxylic acids is 1. The quantitative estimate of drug-likeness (QED) is 0.817. The molecule has 21 heavy (non-hydrogen) atoms. The van der Waals surface area contributed by atoms with E-state index in [4.69, 9.17) is 9.84 Å². The summed E-state index contributed by atoms with van der Waals surface area (Å²) < 4.78 is 5.01. The highest BCUT2D eigenvalue weighted by atomic mass is 32.1. The van der Waals surface area contributed by atoms with E-state index in [1.807, 2.05) is 0 Å². The first-order valence-electron chi connectivity index (χ1n) is 6.45. The van der Waals surface area contributed by atoms with Crippen LogP contribution in [0, 0.1) is 5.92 Å². The fourth-order valence-electron chi connectivity index (χ4n) is 2.56. The van der Waals surface area contributed by atoms with E-state index in [2.05, 4.69) is 9.97 Å². The molecule has 0 aromatic carbocycles. The highest BCUT2D eigenvalue weighted by molar-refractivity contribution is 7.18. The van der Waals surface area contributed by atoms with Gasteiger partial charge in [0, 0.05) is 4.88 Å². The number of nitrogens with zero attached hydrogens (tertiary/aromatic N) is 1. The van der Waals surface area contributed by atoms with Crippen LogP contribution >= 0.6 is 11.3 Å². The lowest BCUT2D eigenvalue weighted by Gasteiger charge is -2.07. The minimum Gasteiger partial charge on any atom is -0.475 e. The van der Waals surface area contributed by atoms with Gasteiger partial charge in [-0.25, -0.2) is 9.78 Å². The first-order valence-corrected chi connectivity index (χ1v) is 7.27. The average Bonchev–Trinajstić information content (AvgIpc) is 2.95. The number of aromatic amines is 1. The Morgan fingerprint density at radius 1 is 1.48 bits per heavy atom. The van der Waals surface area contributed by atoms with Gasteiger partial charge in [-0.2, -0.15) is 0 Å². The zero-order chi connectivity index (χ0) is 15.1. The number of hydrogen-bond acceptors (Lipinski definition) is 6. The van der Waals surface area contributed by atoms with Crippen molar-refractivity contribution in [2.45, 2.75) is 19.8 Å². The van der Waals surface area contributed by atoms with Crippen LogP contribution < -0.4 is 5.56 Å². The monoisotopic (exact) mass is 308 g/mol. The number of aromatic carboxylic acids is 1. The SMILES string of the molecule is CCOC(=O)C1Cc2sc3nc(C(=O)O)[nH]c(=O)c3c2C1. The number of nitrogens with one attached hydrogen (secondary N) is 1. The summed E-state index contributed by atoms with van der Waals surface area (Å²) in [5.41, 5.74) is 0.318. The van der Waals surface area contributed by atoms with Crippen LogP contribution in [-0.2, 0) is 22.4 Å². The minimum absolute atomic E-state index is 0.263. The van der Waals surface area contributed by atoms with Crippen molar-refractivity contribution in [2.24, 2.45) is 5.92 Å². The second kappa shape index (κ2) is 4.96. The lowest BCUT2D eigenvalue weighted by atomic mass is 10.1. The van der Waals surface area contributed by atoms with Gasteiger partial charge in [0.25, 0.3) is 5.56 Å². The topological polar surface area (TPSA) is 109 Å². The molecule has 0 spiro atoms. The Balaban J connectivity index is 2.03. The Morgan fingerprint density at radius 3 is 2.90 bits per heavy atom. The van der Waals surface area contributed by atoms with Gasteiger partial charge < -0.3 is 14.8 Å². The van der Waals surface area contributed by atoms with Crippen LogP contribution in [0.2, 0.25) is 0 Å². The van der Waals surface area contributed by atoms with Crippen molar-refractivity contribution < 1.29 is 19.4 Å². The van der Waals surface area contributed by atoms with Gasteiger partial charge in [-0.1, -0.05) is 0 Å². The van der Waals surface area contributed by atoms with Gasteiger partial charge in [0.1, 0.15) is 4.83 Å². The third-order valence-corrected chi connectivity index (χ3v) is 4.60. The number of thiophene rings is 1. The maximum absolute atomic E-state index is 12.1. The summed E-state index contributed by atoms with van der Waals surface area (Å²) in [6.07, 6.45) is 0.947. The lowest BCUT2D eigenvalue weighted by molar-refractivity contribution is -0.147. The summed E-state index contributed by atoms with van der Waals surface area (Å²) in [5.74, 6) is -2.17. The van der Waals surface area contributed by atoms with Gasteiger partial charge in [0.05, 0.1) is 17.9 Å². The molecule has 2 aromatic heterocycles. The molecule has 3 rings (SSSR count). The number of esters is 1. The number of carbonyl (C=O) groups excluding carboxylic acids is 1. The van der Waals surface area contributed by atoms with Crippen LogP contribution in [0.25, 0.3) is 10.2 Å². The summed E-state index contributed by atoms with van der Waals surface area (Å²) in [5, 5.41) is 9.30. The summed E-state index contributed by atoms with van der Waals surface area (Å²) >= 11 is 1.27. The molecule has 8 heteroatoms.